The molecule has 0 saturated heterocycles. The van der Waals surface area contributed by atoms with Crippen LogP contribution in [0.25, 0.3) is 0 Å². The summed E-state index contributed by atoms with van der Waals surface area (Å²) in [7, 11) is 0.568. The number of aryl methyl sites for hydroxylation is 3. The summed E-state index contributed by atoms with van der Waals surface area (Å²) in [5.74, 6) is 0.461. The van der Waals surface area contributed by atoms with Gasteiger partial charge in [-0.25, -0.2) is 0 Å². The molecule has 0 bridgehead atoms. The van der Waals surface area contributed by atoms with Crippen molar-refractivity contribution in [1.82, 2.24) is 0 Å². The second-order valence-electron chi connectivity index (χ2n) is 5.95. The molecule has 0 saturated carbocycles. The Kier molecular flexibility index (Phi) is 5.42. The number of aromatic hydroxyl groups is 1. The first-order chi connectivity index (χ1) is 9.88. The lowest BCUT2D eigenvalue weighted by atomic mass is 10.1. The summed E-state index contributed by atoms with van der Waals surface area (Å²) in [5.41, 5.74) is 4.97. The summed E-state index contributed by atoms with van der Waals surface area (Å²) in [5, 5.41) is 12.8. The van der Waals surface area contributed by atoms with Gasteiger partial charge in [-0.05, 0) is 73.9 Å². The second-order valence-corrected chi connectivity index (χ2v) is 9.71. The van der Waals surface area contributed by atoms with E-state index >= 15 is 0 Å². The van der Waals surface area contributed by atoms with Crippen LogP contribution < -0.4 is 10.6 Å². The summed E-state index contributed by atoms with van der Waals surface area (Å²) < 4.78 is 0. The summed E-state index contributed by atoms with van der Waals surface area (Å²) in [6.07, 6.45) is 1.16. The minimum atomic E-state index is 0.0419. The Morgan fingerprint density at radius 3 is 2.43 bits per heavy atom. The van der Waals surface area contributed by atoms with Crippen LogP contribution in [0, 0.1) is 20.8 Å². The Morgan fingerprint density at radius 1 is 1.05 bits per heavy atom. The van der Waals surface area contributed by atoms with Gasteiger partial charge in [0.15, 0.2) is 0 Å². The van der Waals surface area contributed by atoms with E-state index in [4.69, 9.17) is 0 Å². The third-order valence-electron chi connectivity index (χ3n) is 3.55. The fourth-order valence-electron chi connectivity index (χ4n) is 2.57. The molecule has 0 fully saturated rings. The Labute approximate surface area is 131 Å². The highest BCUT2D eigenvalue weighted by Gasteiger charge is 2.12. The predicted molar refractivity (Wildman–Crippen MR) is 98.8 cm³/mol. The number of rotatable bonds is 4. The lowest BCUT2D eigenvalue weighted by Crippen LogP contribution is -2.13. The number of hydrogen-bond donors (Lipinski definition) is 1. The number of hydrogen-bond acceptors (Lipinski definition) is 1. The largest absolute Gasteiger partial charge is 0.507 e. The maximum Gasteiger partial charge on any atom is 0.126 e. The average molecular weight is 318 g/mol. The Balaban J connectivity index is 2.44. The van der Waals surface area contributed by atoms with E-state index in [1.54, 1.807) is 0 Å². The van der Waals surface area contributed by atoms with Gasteiger partial charge in [-0.2, -0.15) is 0 Å². The second kappa shape index (κ2) is 6.91. The van der Waals surface area contributed by atoms with Crippen LogP contribution in [0.3, 0.4) is 0 Å². The van der Waals surface area contributed by atoms with Gasteiger partial charge < -0.3 is 5.11 Å². The third-order valence-corrected chi connectivity index (χ3v) is 6.14. The van der Waals surface area contributed by atoms with Crippen LogP contribution in [-0.4, -0.2) is 18.4 Å². The van der Waals surface area contributed by atoms with E-state index in [1.165, 1.54) is 22.0 Å². The quantitative estimate of drug-likeness (QED) is 0.838. The van der Waals surface area contributed by atoms with Gasteiger partial charge in [-0.1, -0.05) is 32.8 Å². The molecular weight excluding hydrogens is 294 g/mol. The molecule has 112 valence electrons. The molecule has 3 heteroatoms. The molecule has 0 amide bonds. The molecule has 0 spiro atoms. The van der Waals surface area contributed by atoms with Crippen molar-refractivity contribution >= 4 is 27.1 Å². The highest BCUT2D eigenvalue weighted by molar-refractivity contribution is 7.57. The van der Waals surface area contributed by atoms with Crippen molar-refractivity contribution in [3.05, 3.63) is 52.6 Å². The minimum Gasteiger partial charge on any atom is -0.507 e. The average Bonchev–Trinajstić information content (AvgIpc) is 2.38. The first kappa shape index (κ1) is 16.5. The van der Waals surface area contributed by atoms with Gasteiger partial charge in [0.05, 0.1) is 0 Å². The molecule has 2 rings (SSSR count). The molecule has 0 radical (unpaired) electrons. The predicted octanol–water partition coefficient (Wildman–Crippen LogP) is 4.19. The van der Waals surface area contributed by atoms with Gasteiger partial charge >= 0.3 is 0 Å². The summed E-state index contributed by atoms with van der Waals surface area (Å²) in [6.45, 7) is 10.9. The summed E-state index contributed by atoms with van der Waals surface area (Å²) >= 11 is 0. The molecule has 0 aliphatic heterocycles. The molecule has 0 heterocycles. The van der Waals surface area contributed by atoms with Crippen LogP contribution in [0.4, 0.5) is 0 Å². The van der Waals surface area contributed by atoms with E-state index in [0.29, 0.717) is 14.3 Å². The van der Waals surface area contributed by atoms with E-state index in [1.807, 2.05) is 13.0 Å². The van der Waals surface area contributed by atoms with E-state index in [0.717, 1.165) is 17.0 Å². The zero-order valence-corrected chi connectivity index (χ0v) is 15.4. The molecule has 1 unspecified atom stereocenters. The van der Waals surface area contributed by atoms with Crippen molar-refractivity contribution < 1.29 is 5.11 Å². The van der Waals surface area contributed by atoms with Crippen molar-refractivity contribution in [1.29, 1.82) is 0 Å². The van der Waals surface area contributed by atoms with Crippen molar-refractivity contribution in [3.63, 3.8) is 0 Å². The van der Waals surface area contributed by atoms with E-state index in [-0.39, 0.29) is 7.92 Å². The van der Waals surface area contributed by atoms with Crippen molar-refractivity contribution in [3.8, 4) is 5.75 Å². The minimum absolute atomic E-state index is 0.0419. The fraction of sp³-hybridized carbons (Fsp3) is 0.333. The van der Waals surface area contributed by atoms with Crippen molar-refractivity contribution in [2.75, 3.05) is 13.3 Å². The van der Waals surface area contributed by atoms with Gasteiger partial charge in [0.2, 0.25) is 0 Å². The highest BCUT2D eigenvalue weighted by Crippen LogP contribution is 2.33. The highest BCUT2D eigenvalue weighted by atomic mass is 31.1. The maximum atomic E-state index is 10.4. The molecule has 1 atom stereocenters. The molecule has 0 aliphatic carbocycles. The third kappa shape index (κ3) is 4.06. The smallest absolute Gasteiger partial charge is 0.126 e. The lowest BCUT2D eigenvalue weighted by Gasteiger charge is -2.16. The standard InChI is InChI=1S/C18H24OP2/c1-12-9-14(3)17(19)16(10-12)20-18-13(2)7-6-8-15(18)11-21(4)5/h6-10,19-20H,11H2,1-5H3. The van der Waals surface area contributed by atoms with Crippen LogP contribution in [0.1, 0.15) is 22.3 Å². The van der Waals surface area contributed by atoms with Gasteiger partial charge in [0, 0.05) is 5.30 Å². The Hall–Kier alpha value is -0.900. The molecule has 2 aromatic rings. The van der Waals surface area contributed by atoms with E-state index in [9.17, 15) is 5.11 Å². The molecular formula is C18H24OP2. The van der Waals surface area contributed by atoms with Crippen LogP contribution in [0.5, 0.6) is 5.75 Å². The van der Waals surface area contributed by atoms with E-state index < -0.39 is 0 Å². The van der Waals surface area contributed by atoms with E-state index in [2.05, 4.69) is 51.4 Å². The van der Waals surface area contributed by atoms with Gasteiger partial charge in [0.1, 0.15) is 5.75 Å². The molecule has 2 aromatic carbocycles. The monoisotopic (exact) mass is 318 g/mol. The van der Waals surface area contributed by atoms with Crippen LogP contribution in [-0.2, 0) is 6.16 Å². The number of phenols is 1. The molecule has 1 nitrogen and oxygen atoms in total. The maximum absolute atomic E-state index is 10.4. The normalized spacial score (nSPS) is 11.7. The van der Waals surface area contributed by atoms with Crippen LogP contribution >= 0.6 is 16.5 Å². The molecule has 0 aromatic heterocycles. The van der Waals surface area contributed by atoms with Crippen LogP contribution in [0.15, 0.2) is 30.3 Å². The first-order valence-corrected chi connectivity index (χ1v) is 10.6. The van der Waals surface area contributed by atoms with Crippen molar-refractivity contribution in [2.45, 2.75) is 26.9 Å². The molecule has 1 N–H and O–H groups in total. The SMILES string of the molecule is Cc1cc(C)c(O)c(Pc2c(C)cccc2CP(C)C)c1. The topological polar surface area (TPSA) is 20.2 Å². The fourth-order valence-corrected chi connectivity index (χ4v) is 5.16. The molecule has 0 aliphatic rings. The summed E-state index contributed by atoms with van der Waals surface area (Å²) in [4.78, 5) is 0. The van der Waals surface area contributed by atoms with Gasteiger partial charge in [-0.15, -0.1) is 7.92 Å². The van der Waals surface area contributed by atoms with Crippen molar-refractivity contribution in [2.24, 2.45) is 0 Å². The molecule has 21 heavy (non-hydrogen) atoms. The number of phenolic OH excluding ortho intramolecular Hbond substituents is 1. The Morgan fingerprint density at radius 2 is 1.76 bits per heavy atom. The Bertz CT molecular complexity index is 648. The first-order valence-electron chi connectivity index (χ1n) is 7.19. The van der Waals surface area contributed by atoms with Gasteiger partial charge in [0.25, 0.3) is 0 Å². The number of benzene rings is 2. The lowest BCUT2D eigenvalue weighted by molar-refractivity contribution is 0.475. The van der Waals surface area contributed by atoms with Crippen LogP contribution in [0.2, 0.25) is 0 Å². The zero-order chi connectivity index (χ0) is 15.6. The zero-order valence-electron chi connectivity index (χ0n) is 13.5. The summed E-state index contributed by atoms with van der Waals surface area (Å²) in [6, 6.07) is 10.7. The van der Waals surface area contributed by atoms with Gasteiger partial charge in [-0.3, -0.25) is 0 Å².